The van der Waals surface area contributed by atoms with E-state index in [1.54, 1.807) is 20.8 Å². The lowest BCUT2D eigenvalue weighted by Gasteiger charge is -2.35. The minimum atomic E-state index is -4.24. The fourth-order valence-corrected chi connectivity index (χ4v) is 2.27. The van der Waals surface area contributed by atoms with E-state index >= 15 is 0 Å². The van der Waals surface area contributed by atoms with Gasteiger partial charge in [0.2, 0.25) is 0 Å². The van der Waals surface area contributed by atoms with Gasteiger partial charge in [0.05, 0.1) is 5.92 Å². The third-order valence-electron chi connectivity index (χ3n) is 3.63. The zero-order valence-electron chi connectivity index (χ0n) is 12.3. The third kappa shape index (κ3) is 4.78. The van der Waals surface area contributed by atoms with Crippen molar-refractivity contribution in [1.29, 1.82) is 0 Å². The average Bonchev–Trinajstić information content (AvgIpc) is 2.33. The van der Waals surface area contributed by atoms with Crippen LogP contribution in [0.5, 0.6) is 0 Å². The highest BCUT2D eigenvalue weighted by Gasteiger charge is 2.42. The van der Waals surface area contributed by atoms with Crippen molar-refractivity contribution >= 4 is 12.0 Å². The van der Waals surface area contributed by atoms with Gasteiger partial charge in [-0.25, -0.2) is 9.59 Å². The number of aliphatic carboxylic acids is 1. The number of likely N-dealkylation sites (tertiary alicyclic amines) is 1. The number of carbonyl (C=O) groups excluding carboxylic acids is 1. The minimum Gasteiger partial charge on any atom is -0.480 e. The molecule has 0 saturated carbocycles. The number of urea groups is 1. The molecule has 5 nitrogen and oxygen atoms in total. The van der Waals surface area contributed by atoms with Gasteiger partial charge in [0.1, 0.15) is 6.04 Å². The molecule has 2 amide bonds. The van der Waals surface area contributed by atoms with Crippen LogP contribution in [-0.2, 0) is 4.79 Å². The van der Waals surface area contributed by atoms with E-state index in [0.717, 1.165) is 0 Å². The Kier molecular flexibility index (Phi) is 5.11. The molecule has 0 unspecified atom stereocenters. The highest BCUT2D eigenvalue weighted by atomic mass is 19.4. The van der Waals surface area contributed by atoms with Crippen molar-refractivity contribution in [1.82, 2.24) is 10.2 Å². The van der Waals surface area contributed by atoms with Crippen LogP contribution in [0, 0.1) is 11.3 Å². The number of alkyl halides is 3. The van der Waals surface area contributed by atoms with Gasteiger partial charge in [-0.05, 0) is 18.3 Å². The lowest BCUT2D eigenvalue weighted by molar-refractivity contribution is -0.183. The molecule has 122 valence electrons. The van der Waals surface area contributed by atoms with Gasteiger partial charge in [-0.2, -0.15) is 13.2 Å². The summed E-state index contributed by atoms with van der Waals surface area (Å²) in [5, 5.41) is 11.5. The van der Waals surface area contributed by atoms with Gasteiger partial charge in [0.15, 0.2) is 0 Å². The summed E-state index contributed by atoms with van der Waals surface area (Å²) >= 11 is 0. The lowest BCUT2D eigenvalue weighted by Crippen LogP contribution is -2.55. The Labute approximate surface area is 121 Å². The fraction of sp³-hybridized carbons (Fsp3) is 0.846. The van der Waals surface area contributed by atoms with Crippen LogP contribution in [0.4, 0.5) is 18.0 Å². The second kappa shape index (κ2) is 6.11. The number of piperidine rings is 1. The predicted molar refractivity (Wildman–Crippen MR) is 69.8 cm³/mol. The molecule has 0 aromatic heterocycles. The molecule has 0 aromatic carbocycles. The summed E-state index contributed by atoms with van der Waals surface area (Å²) in [4.78, 5) is 24.4. The largest absolute Gasteiger partial charge is 0.480 e. The van der Waals surface area contributed by atoms with Crippen molar-refractivity contribution in [3.63, 3.8) is 0 Å². The molecule has 0 aromatic rings. The van der Waals surface area contributed by atoms with Crippen LogP contribution in [0.2, 0.25) is 0 Å². The molecule has 0 radical (unpaired) electrons. The highest BCUT2D eigenvalue weighted by molar-refractivity contribution is 5.83. The number of carboxylic acids is 1. The third-order valence-corrected chi connectivity index (χ3v) is 3.63. The first-order chi connectivity index (χ1) is 9.43. The van der Waals surface area contributed by atoms with Crippen LogP contribution in [0.1, 0.15) is 33.6 Å². The first-order valence-electron chi connectivity index (χ1n) is 6.78. The predicted octanol–water partition coefficient (Wildman–Crippen LogP) is 2.47. The maximum absolute atomic E-state index is 12.5. The van der Waals surface area contributed by atoms with Crippen LogP contribution < -0.4 is 5.32 Å². The summed E-state index contributed by atoms with van der Waals surface area (Å²) < 4.78 is 37.6. The number of hydrogen-bond acceptors (Lipinski definition) is 2. The van der Waals surface area contributed by atoms with E-state index in [2.05, 4.69) is 5.32 Å². The van der Waals surface area contributed by atoms with E-state index in [1.165, 1.54) is 4.90 Å². The van der Waals surface area contributed by atoms with Crippen molar-refractivity contribution in [2.75, 3.05) is 13.1 Å². The molecular formula is C13H21F3N2O3. The molecule has 1 aliphatic heterocycles. The maximum atomic E-state index is 12.5. The van der Waals surface area contributed by atoms with Crippen LogP contribution >= 0.6 is 0 Å². The van der Waals surface area contributed by atoms with Crippen molar-refractivity contribution in [3.8, 4) is 0 Å². The summed E-state index contributed by atoms with van der Waals surface area (Å²) in [6, 6.07) is -1.72. The van der Waals surface area contributed by atoms with Crippen LogP contribution in [-0.4, -0.2) is 47.3 Å². The minimum absolute atomic E-state index is 0.0213. The van der Waals surface area contributed by atoms with Crippen molar-refractivity contribution in [2.45, 2.75) is 45.8 Å². The molecule has 21 heavy (non-hydrogen) atoms. The zero-order chi connectivity index (χ0) is 16.4. The van der Waals surface area contributed by atoms with Crippen LogP contribution in [0.3, 0.4) is 0 Å². The Hall–Kier alpha value is -1.47. The molecule has 1 heterocycles. The van der Waals surface area contributed by atoms with E-state index in [1.807, 2.05) is 0 Å². The van der Waals surface area contributed by atoms with Gasteiger partial charge in [0, 0.05) is 13.1 Å². The topological polar surface area (TPSA) is 69.6 Å². The van der Waals surface area contributed by atoms with E-state index in [9.17, 15) is 22.8 Å². The molecule has 0 spiro atoms. The van der Waals surface area contributed by atoms with E-state index in [4.69, 9.17) is 5.11 Å². The number of nitrogens with one attached hydrogen (secondary N) is 1. The summed E-state index contributed by atoms with van der Waals surface area (Å²) in [5.41, 5.74) is -0.689. The van der Waals surface area contributed by atoms with Gasteiger partial charge in [-0.15, -0.1) is 0 Å². The zero-order valence-corrected chi connectivity index (χ0v) is 12.3. The summed E-state index contributed by atoms with van der Waals surface area (Å²) in [6.45, 7) is 4.96. The van der Waals surface area contributed by atoms with Crippen LogP contribution in [0.25, 0.3) is 0 Å². The quantitative estimate of drug-likeness (QED) is 0.823. The van der Waals surface area contributed by atoms with Gasteiger partial charge in [0.25, 0.3) is 0 Å². The number of carboxylic acid groups (broad SMARTS) is 1. The van der Waals surface area contributed by atoms with Crippen molar-refractivity contribution in [3.05, 3.63) is 0 Å². The van der Waals surface area contributed by atoms with Gasteiger partial charge in [-0.1, -0.05) is 20.8 Å². The molecule has 2 N–H and O–H groups in total. The average molecular weight is 310 g/mol. The van der Waals surface area contributed by atoms with Crippen LogP contribution in [0.15, 0.2) is 0 Å². The molecular weight excluding hydrogens is 289 g/mol. The molecule has 1 rings (SSSR count). The van der Waals surface area contributed by atoms with Gasteiger partial charge >= 0.3 is 18.2 Å². The standard InChI is InChI=1S/C13H21F3N2O3/c1-12(2,3)9(10(19)20)17-11(21)18-6-4-8(5-7-18)13(14,15)16/h8-9H,4-7H2,1-3H3,(H,17,21)(H,19,20)/t9-/m0/s1. The number of rotatable bonds is 2. The normalized spacial score (nSPS) is 19.2. The first kappa shape index (κ1) is 17.6. The number of hydrogen-bond donors (Lipinski definition) is 2. The first-order valence-corrected chi connectivity index (χ1v) is 6.78. The summed E-state index contributed by atoms with van der Waals surface area (Å²) in [6.07, 6.45) is -4.54. The van der Waals surface area contributed by atoms with Crippen molar-refractivity contribution < 1.29 is 27.9 Å². The van der Waals surface area contributed by atoms with Gasteiger partial charge < -0.3 is 15.3 Å². The van der Waals surface area contributed by atoms with E-state index in [-0.39, 0.29) is 25.9 Å². The Morgan fingerprint density at radius 2 is 1.67 bits per heavy atom. The smallest absolute Gasteiger partial charge is 0.391 e. The van der Waals surface area contributed by atoms with Gasteiger partial charge in [-0.3, -0.25) is 0 Å². The maximum Gasteiger partial charge on any atom is 0.391 e. The molecule has 8 heteroatoms. The second-order valence-corrected chi connectivity index (χ2v) is 6.39. The monoisotopic (exact) mass is 310 g/mol. The van der Waals surface area contributed by atoms with E-state index in [0.29, 0.717) is 0 Å². The van der Waals surface area contributed by atoms with Crippen molar-refractivity contribution in [2.24, 2.45) is 11.3 Å². The molecule has 1 atom stereocenters. The lowest BCUT2D eigenvalue weighted by atomic mass is 9.87. The number of nitrogens with zero attached hydrogens (tertiary/aromatic N) is 1. The Bertz CT molecular complexity index is 396. The highest BCUT2D eigenvalue weighted by Crippen LogP contribution is 2.34. The molecule has 1 fully saturated rings. The summed E-state index contributed by atoms with van der Waals surface area (Å²) in [7, 11) is 0. The number of amides is 2. The summed E-state index contributed by atoms with van der Waals surface area (Å²) in [5.74, 6) is -2.56. The number of halogens is 3. The molecule has 1 saturated heterocycles. The molecule has 1 aliphatic rings. The Balaban J connectivity index is 2.60. The second-order valence-electron chi connectivity index (χ2n) is 6.39. The fourth-order valence-electron chi connectivity index (χ4n) is 2.27. The molecule has 0 aliphatic carbocycles. The number of carbonyl (C=O) groups is 2. The molecule has 0 bridgehead atoms. The Morgan fingerprint density at radius 3 is 2.00 bits per heavy atom. The van der Waals surface area contributed by atoms with E-state index < -0.39 is 35.6 Å². The Morgan fingerprint density at radius 1 is 1.19 bits per heavy atom. The SMILES string of the molecule is CC(C)(C)[C@@H](NC(=O)N1CCC(C(F)(F)F)CC1)C(=O)O.